The molecule has 5 aromatic rings. The second kappa shape index (κ2) is 9.10. The van der Waals surface area contributed by atoms with Gasteiger partial charge in [-0.05, 0) is 72.9 Å². The highest BCUT2D eigenvalue weighted by Crippen LogP contribution is 2.70. The number of hydrogen-bond acceptors (Lipinski definition) is 5. The summed E-state index contributed by atoms with van der Waals surface area (Å²) >= 11 is 5.85. The molecule has 4 N–H and O–H groups in total. The summed E-state index contributed by atoms with van der Waals surface area (Å²) in [6, 6.07) is 12.7. The molecule has 3 aliphatic rings. The normalized spacial score (nSPS) is 22.1. The van der Waals surface area contributed by atoms with Gasteiger partial charge in [-0.1, -0.05) is 17.3 Å². The van der Waals surface area contributed by atoms with E-state index in [0.717, 1.165) is 83.4 Å². The Morgan fingerprint density at radius 1 is 1.08 bits per heavy atom. The van der Waals surface area contributed by atoms with Crippen LogP contribution < -0.4 is 10.6 Å². The van der Waals surface area contributed by atoms with E-state index in [4.69, 9.17) is 11.6 Å². The summed E-state index contributed by atoms with van der Waals surface area (Å²) in [7, 11) is 0. The van der Waals surface area contributed by atoms with Crippen molar-refractivity contribution in [3.05, 3.63) is 60.0 Å². The van der Waals surface area contributed by atoms with E-state index in [2.05, 4.69) is 66.5 Å². The smallest absolute Gasteiger partial charge is 0.113 e. The van der Waals surface area contributed by atoms with Crippen LogP contribution in [0.25, 0.3) is 33.1 Å². The van der Waals surface area contributed by atoms with Crippen LogP contribution in [0, 0.1) is 5.41 Å². The molecule has 0 spiro atoms. The van der Waals surface area contributed by atoms with Crippen LogP contribution in [-0.2, 0) is 13.1 Å². The molecule has 10 heteroatoms. The van der Waals surface area contributed by atoms with Gasteiger partial charge in [0.1, 0.15) is 11.4 Å². The van der Waals surface area contributed by atoms with E-state index in [0.29, 0.717) is 24.4 Å². The topological polar surface area (TPSA) is 99.2 Å². The maximum absolute atomic E-state index is 13.7. The molecule has 8 nitrogen and oxygen atoms in total. The van der Waals surface area contributed by atoms with E-state index < -0.39 is 5.67 Å². The monoisotopic (exact) mass is 532 g/mol. The lowest BCUT2D eigenvalue weighted by Crippen LogP contribution is -2.64. The van der Waals surface area contributed by atoms with Crippen LogP contribution in [-0.4, -0.2) is 54.8 Å². The van der Waals surface area contributed by atoms with Gasteiger partial charge in [0.15, 0.2) is 0 Å². The van der Waals surface area contributed by atoms with Gasteiger partial charge >= 0.3 is 0 Å². The molecule has 0 unspecified atom stereocenters. The average Bonchev–Trinajstić information content (AvgIpc) is 3.62. The third kappa shape index (κ3) is 4.33. The van der Waals surface area contributed by atoms with Crippen LogP contribution in [0.3, 0.4) is 0 Å². The van der Waals surface area contributed by atoms with Crippen LogP contribution in [0.2, 0.25) is 0 Å². The van der Waals surface area contributed by atoms with Gasteiger partial charge in [-0.3, -0.25) is 5.10 Å². The van der Waals surface area contributed by atoms with E-state index >= 15 is 0 Å². The van der Waals surface area contributed by atoms with Gasteiger partial charge in [0.2, 0.25) is 0 Å². The van der Waals surface area contributed by atoms with Gasteiger partial charge in [-0.25, -0.2) is 9.07 Å². The first kappa shape index (κ1) is 23.7. The number of aromatic amines is 2. The molecule has 0 aliphatic heterocycles. The highest BCUT2D eigenvalue weighted by atomic mass is 35.5. The lowest BCUT2D eigenvalue weighted by molar-refractivity contribution is -0.215. The number of anilines is 1. The lowest BCUT2D eigenvalue weighted by atomic mass is 9.41. The summed E-state index contributed by atoms with van der Waals surface area (Å²) in [6.07, 6.45) is 7.18. The Morgan fingerprint density at radius 2 is 1.97 bits per heavy atom. The minimum absolute atomic E-state index is 0.298. The van der Waals surface area contributed by atoms with Crippen molar-refractivity contribution in [3.8, 4) is 11.3 Å². The molecule has 3 aromatic heterocycles. The number of fused-ring (bicyclic) bond motifs is 2. The first-order valence-corrected chi connectivity index (χ1v) is 13.7. The Labute approximate surface area is 224 Å². The quantitative estimate of drug-likeness (QED) is 0.135. The molecule has 2 aromatic carbocycles. The van der Waals surface area contributed by atoms with Gasteiger partial charge in [-0.15, -0.1) is 16.7 Å². The largest absolute Gasteiger partial charge is 0.384 e. The third-order valence-corrected chi connectivity index (χ3v) is 8.30. The second-order valence-corrected chi connectivity index (χ2v) is 11.5. The Morgan fingerprint density at radius 3 is 2.82 bits per heavy atom. The van der Waals surface area contributed by atoms with Crippen LogP contribution in [0.1, 0.15) is 36.9 Å². The fourth-order valence-electron chi connectivity index (χ4n) is 6.37. The summed E-state index contributed by atoms with van der Waals surface area (Å²) in [5, 5.41) is 25.1. The van der Waals surface area contributed by atoms with Crippen LogP contribution in [0.5, 0.6) is 0 Å². The van der Waals surface area contributed by atoms with Crippen molar-refractivity contribution in [2.24, 2.45) is 5.41 Å². The van der Waals surface area contributed by atoms with Crippen molar-refractivity contribution >= 4 is 39.1 Å². The number of nitrogens with one attached hydrogen (secondary N) is 4. The van der Waals surface area contributed by atoms with Crippen molar-refractivity contribution in [2.45, 2.75) is 44.4 Å². The summed E-state index contributed by atoms with van der Waals surface area (Å²) in [6.45, 7) is 3.01. The zero-order valence-electron chi connectivity index (χ0n) is 21.0. The average molecular weight is 533 g/mol. The van der Waals surface area contributed by atoms with E-state index in [1.54, 1.807) is 0 Å². The van der Waals surface area contributed by atoms with Crippen molar-refractivity contribution in [1.82, 2.24) is 35.5 Å². The first-order valence-electron chi connectivity index (χ1n) is 13.2. The van der Waals surface area contributed by atoms with Crippen LogP contribution in [0.4, 0.5) is 10.1 Å². The lowest BCUT2D eigenvalue weighted by Gasteiger charge is -2.66. The number of hydrogen-bond donors (Lipinski definition) is 4. The third-order valence-electron chi connectivity index (χ3n) is 8.11. The molecular formula is C28H30ClFN8. The zero-order valence-corrected chi connectivity index (χ0v) is 21.8. The van der Waals surface area contributed by atoms with Crippen LogP contribution in [0.15, 0.2) is 48.8 Å². The van der Waals surface area contributed by atoms with E-state index in [-0.39, 0.29) is 0 Å². The molecule has 0 amide bonds. The van der Waals surface area contributed by atoms with Gasteiger partial charge in [0.25, 0.3) is 0 Å². The molecule has 2 bridgehead atoms. The number of alkyl halides is 2. The summed E-state index contributed by atoms with van der Waals surface area (Å²) in [4.78, 5) is 3.54. The fraction of sp³-hybridized carbons (Fsp3) is 0.393. The molecule has 0 saturated heterocycles. The maximum Gasteiger partial charge on any atom is 0.113 e. The predicted octanol–water partition coefficient (Wildman–Crippen LogP) is 5.37. The Balaban J connectivity index is 1.02. The summed E-state index contributed by atoms with van der Waals surface area (Å²) in [5.41, 5.74) is 6.56. The number of benzene rings is 2. The molecule has 0 radical (unpaired) electrons. The van der Waals surface area contributed by atoms with E-state index in [1.165, 1.54) is 5.39 Å². The standard InChI is InChI=1S/C28H30ClFN8/c29-4-6-32-20-9-22(23-12-33-35-25(23)10-20)26-14-38(37-36-26)13-18-1-2-19-8-21(34-24(19)7-18)11-31-5-3-27-15-28(30,16-27)17-27/h1-2,7-10,12,14,31-32,34H,3-6,11,13,15-17H2,(H,33,35). The molecule has 8 rings (SSSR count). The zero-order chi connectivity index (χ0) is 25.7. The number of aromatic nitrogens is 6. The molecule has 3 saturated carbocycles. The molecule has 3 fully saturated rings. The van der Waals surface area contributed by atoms with E-state index in [1.807, 2.05) is 23.1 Å². The SMILES string of the molecule is FC12CC(CCNCc3cc4ccc(Cn5cc(-c6cc(NCCCl)cc7[nH]ncc67)nn5)cc4[nH]3)(C1)C2. The van der Waals surface area contributed by atoms with E-state index in [9.17, 15) is 4.39 Å². The number of rotatable bonds is 11. The second-order valence-electron chi connectivity index (χ2n) is 11.1. The number of halogens is 2. The van der Waals surface area contributed by atoms with Crippen molar-refractivity contribution in [2.75, 3.05) is 24.3 Å². The molecule has 3 heterocycles. The highest BCUT2D eigenvalue weighted by molar-refractivity contribution is 6.18. The fourth-order valence-corrected chi connectivity index (χ4v) is 6.47. The van der Waals surface area contributed by atoms with Gasteiger partial charge in [-0.2, -0.15) is 5.10 Å². The van der Waals surface area contributed by atoms with Gasteiger partial charge in [0.05, 0.1) is 24.5 Å². The Bertz CT molecular complexity index is 1600. The maximum atomic E-state index is 13.7. The summed E-state index contributed by atoms with van der Waals surface area (Å²) < 4.78 is 15.6. The van der Waals surface area contributed by atoms with Crippen LogP contribution >= 0.6 is 11.6 Å². The minimum Gasteiger partial charge on any atom is -0.384 e. The van der Waals surface area contributed by atoms with Gasteiger partial charge in [0, 0.05) is 46.8 Å². The number of nitrogens with zero attached hydrogens (tertiary/aromatic N) is 4. The number of H-pyrrole nitrogens is 2. The summed E-state index contributed by atoms with van der Waals surface area (Å²) in [5.74, 6) is 0.526. The molecule has 38 heavy (non-hydrogen) atoms. The molecule has 0 atom stereocenters. The van der Waals surface area contributed by atoms with Crippen molar-refractivity contribution in [1.29, 1.82) is 0 Å². The molecular weight excluding hydrogens is 503 g/mol. The molecule has 3 aliphatic carbocycles. The predicted molar refractivity (Wildman–Crippen MR) is 148 cm³/mol. The van der Waals surface area contributed by atoms with Crippen molar-refractivity contribution < 1.29 is 4.39 Å². The molecule has 196 valence electrons. The van der Waals surface area contributed by atoms with Crippen molar-refractivity contribution in [3.63, 3.8) is 0 Å². The Hall–Kier alpha value is -3.43. The first-order chi connectivity index (χ1) is 18.5. The highest BCUT2D eigenvalue weighted by Gasteiger charge is 2.68. The minimum atomic E-state index is -0.804. The Kier molecular flexibility index (Phi) is 5.67. The van der Waals surface area contributed by atoms with Gasteiger partial charge < -0.3 is 15.6 Å².